The van der Waals surface area contributed by atoms with Crippen LogP contribution in [-0.2, 0) is 4.74 Å². The van der Waals surface area contributed by atoms with Crippen molar-refractivity contribution in [3.05, 3.63) is 41.0 Å². The zero-order chi connectivity index (χ0) is 27.2. The molecule has 0 radical (unpaired) electrons. The maximum atomic E-state index is 15.1. The summed E-state index contributed by atoms with van der Waals surface area (Å²) in [4.78, 5) is 23.1. The Bertz CT molecular complexity index is 1250. The molecule has 2 aromatic heterocycles. The van der Waals surface area contributed by atoms with Crippen molar-refractivity contribution in [3.63, 3.8) is 0 Å². The topological polar surface area (TPSA) is 115 Å². The Morgan fingerprint density at radius 3 is 2.63 bits per heavy atom. The predicted molar refractivity (Wildman–Crippen MR) is 142 cm³/mol. The molecule has 1 fully saturated rings. The number of nitrogens with one attached hydrogen (secondary N) is 2. The lowest BCUT2D eigenvalue weighted by Crippen LogP contribution is -2.42. The fourth-order valence-electron chi connectivity index (χ4n) is 4.58. The van der Waals surface area contributed by atoms with Gasteiger partial charge in [0.05, 0.1) is 36.2 Å². The molecule has 1 saturated heterocycles. The first-order chi connectivity index (χ1) is 18.3. The van der Waals surface area contributed by atoms with E-state index >= 15 is 4.39 Å². The van der Waals surface area contributed by atoms with E-state index in [2.05, 4.69) is 15.8 Å². The van der Waals surface area contributed by atoms with E-state index in [0.717, 1.165) is 36.9 Å². The van der Waals surface area contributed by atoms with Gasteiger partial charge < -0.3 is 29.5 Å². The van der Waals surface area contributed by atoms with Gasteiger partial charge in [0.2, 0.25) is 0 Å². The molecule has 0 spiro atoms. The minimum Gasteiger partial charge on any atom is -0.494 e. The van der Waals surface area contributed by atoms with Gasteiger partial charge in [0.25, 0.3) is 0 Å². The highest BCUT2D eigenvalue weighted by atomic mass is 19.1. The Hall–Kier alpha value is -3.73. The van der Waals surface area contributed by atoms with Crippen LogP contribution in [0.1, 0.15) is 36.3 Å². The minimum absolute atomic E-state index is 0.0709. The molecule has 11 heteroatoms. The molecule has 204 valence electrons. The lowest BCUT2D eigenvalue weighted by atomic mass is 10.0. The number of aromatic nitrogens is 3. The molecule has 3 aromatic rings. The van der Waals surface area contributed by atoms with E-state index in [1.54, 1.807) is 17.0 Å². The maximum Gasteiger partial charge on any atom is 0.409 e. The van der Waals surface area contributed by atoms with Gasteiger partial charge >= 0.3 is 6.09 Å². The molecule has 4 rings (SSSR count). The van der Waals surface area contributed by atoms with Gasteiger partial charge in [-0.05, 0) is 71.8 Å². The molecule has 0 saturated carbocycles. The normalized spacial score (nSPS) is 14.0. The molecule has 0 atom stereocenters. The highest BCUT2D eigenvalue weighted by Gasteiger charge is 2.26. The minimum atomic E-state index is -0.446. The van der Waals surface area contributed by atoms with Crippen molar-refractivity contribution in [2.75, 3.05) is 45.7 Å². The van der Waals surface area contributed by atoms with Crippen molar-refractivity contribution in [2.24, 2.45) is 0 Å². The number of halogens is 1. The number of piperidine rings is 1. The molecule has 1 aliphatic heterocycles. The number of methoxy groups -OCH3 is 1. The second kappa shape index (κ2) is 12.2. The zero-order valence-electron chi connectivity index (χ0n) is 22.6. The summed E-state index contributed by atoms with van der Waals surface area (Å²) in [5.41, 5.74) is 3.12. The molecule has 10 nitrogen and oxygen atoms in total. The number of benzene rings is 1. The van der Waals surface area contributed by atoms with Crippen LogP contribution in [-0.4, -0.2) is 72.6 Å². The van der Waals surface area contributed by atoms with E-state index in [1.165, 1.54) is 13.2 Å². The van der Waals surface area contributed by atoms with Gasteiger partial charge in [0.15, 0.2) is 5.82 Å². The fourth-order valence-corrected chi connectivity index (χ4v) is 4.58. The number of amides is 1. The van der Waals surface area contributed by atoms with Gasteiger partial charge in [-0.25, -0.2) is 19.2 Å². The summed E-state index contributed by atoms with van der Waals surface area (Å²) in [6.45, 7) is 8.06. The Morgan fingerprint density at radius 2 is 1.97 bits per heavy atom. The third-order valence-electron chi connectivity index (χ3n) is 6.70. The zero-order valence-corrected chi connectivity index (χ0v) is 22.6. The summed E-state index contributed by atoms with van der Waals surface area (Å²) >= 11 is 0. The molecule has 0 bridgehead atoms. The van der Waals surface area contributed by atoms with Crippen LogP contribution in [0.5, 0.6) is 5.75 Å². The SMILES string of the molecule is CNCCCOc1ccc(F)c(-c2nc(NC3CCN(C(=O)OC)CC3)c(C)c(-c3c(C)noc3C)n2)c1. The van der Waals surface area contributed by atoms with E-state index in [0.29, 0.717) is 48.4 Å². The highest BCUT2D eigenvalue weighted by molar-refractivity contribution is 5.75. The number of nitrogens with zero attached hydrogens (tertiary/aromatic N) is 4. The standard InChI is InChI=1S/C27H35FN6O4/c1-16-24(23-17(2)33-38-18(23)3)31-26(21-15-20(7-8-22(21)28)37-14-6-11-29-4)32-25(16)30-19-9-12-34(13-10-19)27(35)36-5/h7-8,15,19,29H,6,9-14H2,1-5H3,(H,30,31,32). The lowest BCUT2D eigenvalue weighted by molar-refractivity contribution is 0.113. The number of hydrogen-bond acceptors (Lipinski definition) is 9. The van der Waals surface area contributed by atoms with Gasteiger partial charge in [0, 0.05) is 24.7 Å². The molecule has 38 heavy (non-hydrogen) atoms. The van der Waals surface area contributed by atoms with Crippen LogP contribution in [0.15, 0.2) is 22.7 Å². The Labute approximate surface area is 221 Å². The largest absolute Gasteiger partial charge is 0.494 e. The number of rotatable bonds is 9. The summed E-state index contributed by atoms with van der Waals surface area (Å²) < 4.78 is 31.2. The summed E-state index contributed by atoms with van der Waals surface area (Å²) in [5.74, 6) is 1.55. The van der Waals surface area contributed by atoms with Crippen LogP contribution in [0.3, 0.4) is 0 Å². The van der Waals surface area contributed by atoms with Gasteiger partial charge in [0.1, 0.15) is 23.1 Å². The van der Waals surface area contributed by atoms with Crippen molar-refractivity contribution in [1.29, 1.82) is 0 Å². The molecule has 3 heterocycles. The van der Waals surface area contributed by atoms with Crippen molar-refractivity contribution in [1.82, 2.24) is 25.3 Å². The van der Waals surface area contributed by atoms with Crippen LogP contribution in [0.2, 0.25) is 0 Å². The van der Waals surface area contributed by atoms with Crippen molar-refractivity contribution in [3.8, 4) is 28.4 Å². The van der Waals surface area contributed by atoms with Crippen molar-refractivity contribution < 1.29 is 23.2 Å². The molecule has 2 N–H and O–H groups in total. The van der Waals surface area contributed by atoms with Crippen LogP contribution >= 0.6 is 0 Å². The lowest BCUT2D eigenvalue weighted by Gasteiger charge is -2.32. The summed E-state index contributed by atoms with van der Waals surface area (Å²) in [5, 5.41) is 10.7. The Morgan fingerprint density at radius 1 is 1.21 bits per heavy atom. The maximum absolute atomic E-state index is 15.1. The van der Waals surface area contributed by atoms with E-state index in [-0.39, 0.29) is 23.5 Å². The van der Waals surface area contributed by atoms with E-state index in [1.807, 2.05) is 27.8 Å². The summed E-state index contributed by atoms with van der Waals surface area (Å²) in [6, 6.07) is 4.68. The quantitative estimate of drug-likeness (QED) is 0.389. The smallest absolute Gasteiger partial charge is 0.409 e. The van der Waals surface area contributed by atoms with Crippen LogP contribution in [0.4, 0.5) is 15.0 Å². The first-order valence-corrected chi connectivity index (χ1v) is 12.8. The van der Waals surface area contributed by atoms with Gasteiger partial charge in [-0.15, -0.1) is 0 Å². The average Bonchev–Trinajstić information content (AvgIpc) is 3.26. The number of carbonyl (C=O) groups excluding carboxylic acids is 1. The Balaban J connectivity index is 1.69. The molecule has 1 aliphatic rings. The third kappa shape index (κ3) is 6.04. The van der Waals surface area contributed by atoms with E-state index < -0.39 is 5.82 Å². The molecular formula is C27H35FN6O4. The third-order valence-corrected chi connectivity index (χ3v) is 6.70. The number of carbonyl (C=O) groups is 1. The fraction of sp³-hybridized carbons (Fsp3) is 0.481. The van der Waals surface area contributed by atoms with E-state index in [4.69, 9.17) is 24.0 Å². The first-order valence-electron chi connectivity index (χ1n) is 12.8. The van der Waals surface area contributed by atoms with Gasteiger partial charge in [-0.3, -0.25) is 0 Å². The Kier molecular flexibility index (Phi) is 8.77. The number of ether oxygens (including phenoxy) is 2. The van der Waals surface area contributed by atoms with Crippen molar-refractivity contribution >= 4 is 11.9 Å². The van der Waals surface area contributed by atoms with Gasteiger partial charge in [-0.1, -0.05) is 5.16 Å². The highest BCUT2D eigenvalue weighted by Crippen LogP contribution is 2.35. The van der Waals surface area contributed by atoms with Crippen LogP contribution in [0.25, 0.3) is 22.6 Å². The monoisotopic (exact) mass is 526 g/mol. The number of hydrogen-bond donors (Lipinski definition) is 2. The molecule has 1 amide bonds. The first kappa shape index (κ1) is 27.3. The molecular weight excluding hydrogens is 491 g/mol. The second-order valence-electron chi connectivity index (χ2n) is 9.39. The molecule has 0 aliphatic carbocycles. The van der Waals surface area contributed by atoms with E-state index in [9.17, 15) is 4.79 Å². The number of anilines is 1. The van der Waals surface area contributed by atoms with Crippen LogP contribution < -0.4 is 15.4 Å². The second-order valence-corrected chi connectivity index (χ2v) is 9.39. The summed E-state index contributed by atoms with van der Waals surface area (Å²) in [7, 11) is 3.27. The van der Waals surface area contributed by atoms with Crippen molar-refractivity contribution in [2.45, 2.75) is 46.1 Å². The van der Waals surface area contributed by atoms with Gasteiger partial charge in [-0.2, -0.15) is 0 Å². The average molecular weight is 527 g/mol. The summed E-state index contributed by atoms with van der Waals surface area (Å²) in [6.07, 6.45) is 1.94. The molecule has 1 aromatic carbocycles. The van der Waals surface area contributed by atoms with Crippen LogP contribution in [0, 0.1) is 26.6 Å². The number of aryl methyl sites for hydroxylation is 2. The molecule has 0 unspecified atom stereocenters. The predicted octanol–water partition coefficient (Wildman–Crippen LogP) is 4.49. The number of likely N-dealkylation sites (tertiary alicyclic amines) is 1.